The van der Waals surface area contributed by atoms with E-state index in [0.717, 1.165) is 38.8 Å². The first-order valence-corrected chi connectivity index (χ1v) is 9.84. The molecule has 0 atom stereocenters. The van der Waals surface area contributed by atoms with E-state index in [9.17, 15) is 18.0 Å². The van der Waals surface area contributed by atoms with Crippen molar-refractivity contribution in [2.24, 2.45) is 0 Å². The summed E-state index contributed by atoms with van der Waals surface area (Å²) in [6, 6.07) is 10.9. The van der Waals surface area contributed by atoms with E-state index in [2.05, 4.69) is 4.98 Å². The van der Waals surface area contributed by atoms with Gasteiger partial charge in [0.05, 0.1) is 22.7 Å². The van der Waals surface area contributed by atoms with E-state index >= 15 is 0 Å². The van der Waals surface area contributed by atoms with Crippen LogP contribution in [0.5, 0.6) is 5.19 Å². The summed E-state index contributed by atoms with van der Waals surface area (Å²) in [4.78, 5) is 18.0. The molecule has 2 aromatic carbocycles. The Labute approximate surface area is 166 Å². The van der Waals surface area contributed by atoms with Gasteiger partial charge in [-0.15, -0.1) is 0 Å². The molecule has 0 spiro atoms. The van der Waals surface area contributed by atoms with Gasteiger partial charge in [0.25, 0.3) is 5.19 Å². The van der Waals surface area contributed by atoms with Gasteiger partial charge in [-0.2, -0.15) is 13.2 Å². The van der Waals surface area contributed by atoms with Crippen LogP contribution in [-0.2, 0) is 10.9 Å². The summed E-state index contributed by atoms with van der Waals surface area (Å²) < 4.78 is 49.4. The van der Waals surface area contributed by atoms with Crippen molar-refractivity contribution < 1.29 is 27.4 Å². The highest BCUT2D eigenvalue weighted by Gasteiger charge is 2.33. The first-order valence-electron chi connectivity index (χ1n) is 8.21. The second kappa shape index (κ2) is 7.14. The molecule has 0 amide bonds. The number of carbonyl (C=O) groups excluding carboxylic acids is 1. The molecule has 9 heteroatoms. The van der Waals surface area contributed by atoms with Crippen LogP contribution in [0.15, 0.2) is 52.3 Å². The highest BCUT2D eigenvalue weighted by Crippen LogP contribution is 2.51. The zero-order valence-corrected chi connectivity index (χ0v) is 16.0. The number of carbonyl (C=O) groups is 1. The average molecular weight is 423 g/mol. The largest absolute Gasteiger partial charge is 0.515 e. The highest BCUT2D eigenvalue weighted by atomic mass is 32.2. The van der Waals surface area contributed by atoms with E-state index < -0.39 is 17.9 Å². The summed E-state index contributed by atoms with van der Waals surface area (Å²) in [7, 11) is 0. The Bertz CT molecular complexity index is 1060. The lowest BCUT2D eigenvalue weighted by molar-refractivity contribution is -0.137. The minimum atomic E-state index is -4.44. The molecule has 0 fully saturated rings. The van der Waals surface area contributed by atoms with Crippen LogP contribution in [0.2, 0.25) is 0 Å². The lowest BCUT2D eigenvalue weighted by Gasteiger charge is -2.11. The van der Waals surface area contributed by atoms with Crippen molar-refractivity contribution in [3.8, 4) is 26.9 Å². The fourth-order valence-electron chi connectivity index (χ4n) is 2.77. The molecule has 0 saturated carbocycles. The van der Waals surface area contributed by atoms with Gasteiger partial charge in [-0.1, -0.05) is 47.4 Å². The van der Waals surface area contributed by atoms with Crippen LogP contribution in [-0.4, -0.2) is 17.7 Å². The summed E-state index contributed by atoms with van der Waals surface area (Å²) in [5, 5.41) is 0.0796. The Morgan fingerprint density at radius 1 is 1.11 bits per heavy atom. The molecule has 0 saturated heterocycles. The van der Waals surface area contributed by atoms with E-state index in [0.29, 0.717) is 16.2 Å². The second-order valence-corrected chi connectivity index (χ2v) is 7.79. The number of nitrogens with zero attached hydrogens (tertiary/aromatic N) is 1. The molecule has 0 unspecified atom stereocenters. The van der Waals surface area contributed by atoms with E-state index in [1.165, 1.54) is 17.8 Å². The number of aromatic nitrogens is 1. The predicted octanol–water partition coefficient (Wildman–Crippen LogP) is 6.50. The summed E-state index contributed by atoms with van der Waals surface area (Å²) in [5.41, 5.74) is 1.13. The van der Waals surface area contributed by atoms with Gasteiger partial charge in [0, 0.05) is 20.9 Å². The number of hydrogen-bond donors (Lipinski definition) is 0. The van der Waals surface area contributed by atoms with Gasteiger partial charge in [-0.25, -0.2) is 9.78 Å². The minimum absolute atomic E-state index is 0.0796. The van der Waals surface area contributed by atoms with Crippen LogP contribution in [0.4, 0.5) is 18.0 Å². The molecule has 0 radical (unpaired) electrons. The van der Waals surface area contributed by atoms with Gasteiger partial charge in [0.2, 0.25) is 0 Å². The number of ether oxygens (including phenoxy) is 2. The van der Waals surface area contributed by atoms with Gasteiger partial charge >= 0.3 is 12.3 Å². The number of thiazole rings is 1. The third kappa shape index (κ3) is 3.47. The monoisotopic (exact) mass is 423 g/mol. The molecule has 1 aromatic heterocycles. The number of fused-ring (bicyclic) bond motifs is 5. The van der Waals surface area contributed by atoms with E-state index in [1.807, 2.05) is 24.3 Å². The molecule has 144 valence electrons. The van der Waals surface area contributed by atoms with Gasteiger partial charge in [0.1, 0.15) is 0 Å². The molecule has 28 heavy (non-hydrogen) atoms. The van der Waals surface area contributed by atoms with Crippen molar-refractivity contribution in [2.45, 2.75) is 22.9 Å². The standard InChI is InChI=1S/C19H12F3NO3S2/c1-2-25-18(24)26-17-23-15-11-8-7-10(19(20,21)22)9-14(11)27-13-6-4-3-5-12(13)16(15)28-17/h3-9H,2H2,1H3. The maximum Gasteiger partial charge on any atom is 0.515 e. The maximum atomic E-state index is 13.2. The fourth-order valence-corrected chi connectivity index (χ4v) is 4.92. The first-order chi connectivity index (χ1) is 13.4. The van der Waals surface area contributed by atoms with Crippen molar-refractivity contribution in [1.82, 2.24) is 4.98 Å². The Morgan fingerprint density at radius 2 is 1.89 bits per heavy atom. The van der Waals surface area contributed by atoms with Crippen molar-refractivity contribution in [1.29, 1.82) is 0 Å². The molecular formula is C19H12F3NO3S2. The van der Waals surface area contributed by atoms with Gasteiger partial charge in [0.15, 0.2) is 0 Å². The van der Waals surface area contributed by atoms with Crippen molar-refractivity contribution in [2.75, 3.05) is 6.61 Å². The Balaban J connectivity index is 1.87. The first kappa shape index (κ1) is 18.8. The maximum absolute atomic E-state index is 13.2. The van der Waals surface area contributed by atoms with Crippen molar-refractivity contribution in [3.63, 3.8) is 0 Å². The second-order valence-electron chi connectivity index (χ2n) is 5.75. The van der Waals surface area contributed by atoms with Gasteiger partial charge in [-0.3, -0.25) is 0 Å². The van der Waals surface area contributed by atoms with Crippen LogP contribution >= 0.6 is 23.1 Å². The van der Waals surface area contributed by atoms with Crippen LogP contribution in [0.25, 0.3) is 21.7 Å². The average Bonchev–Trinajstić information content (AvgIpc) is 2.99. The number of hydrogen-bond acceptors (Lipinski definition) is 6. The van der Waals surface area contributed by atoms with Crippen LogP contribution < -0.4 is 4.74 Å². The SMILES string of the molecule is CCOC(=O)Oc1nc2c(s1)-c1ccccc1Sc1cc(C(F)(F)F)ccc1-2. The molecule has 3 aromatic rings. The third-order valence-corrected chi connectivity index (χ3v) is 6.06. The zero-order chi connectivity index (χ0) is 19.9. The molecule has 4 nitrogen and oxygen atoms in total. The van der Waals surface area contributed by atoms with Crippen LogP contribution in [0, 0.1) is 0 Å². The molecule has 0 aliphatic carbocycles. The topological polar surface area (TPSA) is 48.4 Å². The smallest absolute Gasteiger partial charge is 0.434 e. The fraction of sp³-hybridized carbons (Fsp3) is 0.158. The molecule has 4 rings (SSSR count). The molecule has 1 aliphatic rings. The Morgan fingerprint density at radius 3 is 2.64 bits per heavy atom. The third-order valence-electron chi connectivity index (χ3n) is 3.96. The quantitative estimate of drug-likeness (QED) is 0.345. The van der Waals surface area contributed by atoms with E-state index in [-0.39, 0.29) is 11.8 Å². The number of halogens is 3. The zero-order valence-electron chi connectivity index (χ0n) is 14.4. The predicted molar refractivity (Wildman–Crippen MR) is 99.8 cm³/mol. The van der Waals surface area contributed by atoms with Crippen LogP contribution in [0.1, 0.15) is 12.5 Å². The van der Waals surface area contributed by atoms with Crippen molar-refractivity contribution >= 4 is 29.3 Å². The lowest BCUT2D eigenvalue weighted by Crippen LogP contribution is -2.09. The normalized spacial score (nSPS) is 12.4. The van der Waals surface area contributed by atoms with E-state index in [1.54, 1.807) is 6.92 Å². The Kier molecular flexibility index (Phi) is 4.80. The van der Waals surface area contributed by atoms with Crippen LogP contribution in [0.3, 0.4) is 0 Å². The Hall–Kier alpha value is -2.52. The van der Waals surface area contributed by atoms with E-state index in [4.69, 9.17) is 9.47 Å². The number of benzene rings is 2. The molecule has 2 heterocycles. The summed E-state index contributed by atoms with van der Waals surface area (Å²) in [5.74, 6) is 0. The molecule has 0 N–H and O–H groups in total. The van der Waals surface area contributed by atoms with Crippen molar-refractivity contribution in [3.05, 3.63) is 48.0 Å². The summed E-state index contributed by atoms with van der Waals surface area (Å²) in [6.07, 6.45) is -5.31. The molecule has 0 bridgehead atoms. The van der Waals surface area contributed by atoms with Gasteiger partial charge < -0.3 is 9.47 Å². The highest BCUT2D eigenvalue weighted by molar-refractivity contribution is 7.99. The number of alkyl halides is 3. The lowest BCUT2D eigenvalue weighted by atomic mass is 10.1. The molecule has 1 aliphatic heterocycles. The number of rotatable bonds is 2. The van der Waals surface area contributed by atoms with Gasteiger partial charge in [-0.05, 0) is 25.1 Å². The summed E-state index contributed by atoms with van der Waals surface area (Å²) >= 11 is 2.41. The summed E-state index contributed by atoms with van der Waals surface area (Å²) in [6.45, 7) is 1.81. The molecular weight excluding hydrogens is 411 g/mol. The minimum Gasteiger partial charge on any atom is -0.434 e.